The second-order valence-electron chi connectivity index (χ2n) is 3.43. The van der Waals surface area contributed by atoms with Crippen LogP contribution in [0.2, 0.25) is 0 Å². The van der Waals surface area contributed by atoms with E-state index in [1.807, 2.05) is 6.92 Å². The lowest BCUT2D eigenvalue weighted by molar-refractivity contribution is 0.498. The van der Waals surface area contributed by atoms with Gasteiger partial charge in [0.25, 0.3) is 0 Å². The first-order chi connectivity index (χ1) is 7.61. The van der Waals surface area contributed by atoms with Crippen LogP contribution < -0.4 is 5.32 Å². The number of rotatable bonds is 5. The summed E-state index contributed by atoms with van der Waals surface area (Å²) in [7, 11) is 0. The van der Waals surface area contributed by atoms with E-state index >= 15 is 0 Å². The van der Waals surface area contributed by atoms with Gasteiger partial charge in [-0.25, -0.2) is 8.78 Å². The Balaban J connectivity index is 3.01. The fraction of sp³-hybridized carbons (Fsp3) is 0.333. The second-order valence-corrected chi connectivity index (χ2v) is 4.23. The Morgan fingerprint density at radius 2 is 2.19 bits per heavy atom. The number of hydrogen-bond acceptors (Lipinski definition) is 1. The molecule has 0 bridgehead atoms. The molecule has 0 saturated heterocycles. The Hall–Kier alpha value is -0.740. The average molecular weight is 290 g/mol. The van der Waals surface area contributed by atoms with E-state index in [0.29, 0.717) is 5.56 Å². The molecule has 1 N–H and O–H groups in total. The molecule has 1 atom stereocenters. The molecular weight excluding hydrogens is 276 g/mol. The van der Waals surface area contributed by atoms with Gasteiger partial charge in [-0.15, -0.1) is 6.58 Å². The van der Waals surface area contributed by atoms with Crippen LogP contribution in [0.1, 0.15) is 24.9 Å². The van der Waals surface area contributed by atoms with Crippen molar-refractivity contribution in [1.82, 2.24) is 5.32 Å². The summed E-state index contributed by atoms with van der Waals surface area (Å²) in [6.07, 6.45) is 2.64. The van der Waals surface area contributed by atoms with Crippen LogP contribution >= 0.6 is 15.9 Å². The molecule has 1 aromatic carbocycles. The van der Waals surface area contributed by atoms with Gasteiger partial charge in [0.15, 0.2) is 11.6 Å². The van der Waals surface area contributed by atoms with Gasteiger partial charge in [0, 0.05) is 0 Å². The molecule has 0 aliphatic rings. The molecule has 1 rings (SSSR count). The van der Waals surface area contributed by atoms with Gasteiger partial charge in [-0.05, 0) is 40.5 Å². The summed E-state index contributed by atoms with van der Waals surface area (Å²) in [6, 6.07) is 2.50. The van der Waals surface area contributed by atoms with Crippen LogP contribution in [-0.4, -0.2) is 6.54 Å². The molecule has 0 saturated carbocycles. The third kappa shape index (κ3) is 2.89. The molecule has 88 valence electrons. The highest BCUT2D eigenvalue weighted by Gasteiger charge is 2.16. The van der Waals surface area contributed by atoms with E-state index < -0.39 is 11.6 Å². The molecule has 4 heteroatoms. The van der Waals surface area contributed by atoms with Crippen LogP contribution in [0.15, 0.2) is 29.3 Å². The van der Waals surface area contributed by atoms with Crippen LogP contribution in [-0.2, 0) is 0 Å². The summed E-state index contributed by atoms with van der Waals surface area (Å²) in [5, 5.41) is 3.19. The minimum atomic E-state index is -0.859. The molecule has 0 radical (unpaired) electrons. The fourth-order valence-corrected chi connectivity index (χ4v) is 1.97. The Kier molecular flexibility index (Phi) is 5.09. The van der Waals surface area contributed by atoms with Gasteiger partial charge in [0.1, 0.15) is 0 Å². The Morgan fingerprint density at radius 1 is 1.50 bits per heavy atom. The van der Waals surface area contributed by atoms with E-state index in [1.54, 1.807) is 12.1 Å². The SMILES string of the molecule is C=CC(NCCC)c1ccc(F)c(F)c1Br. The van der Waals surface area contributed by atoms with Crippen molar-refractivity contribution in [3.05, 3.63) is 46.5 Å². The maximum absolute atomic E-state index is 13.3. The fourth-order valence-electron chi connectivity index (χ4n) is 1.40. The van der Waals surface area contributed by atoms with Gasteiger partial charge in [-0.1, -0.05) is 19.1 Å². The van der Waals surface area contributed by atoms with Crippen LogP contribution in [0.5, 0.6) is 0 Å². The lowest BCUT2D eigenvalue weighted by atomic mass is 10.1. The van der Waals surface area contributed by atoms with Crippen molar-refractivity contribution in [3.63, 3.8) is 0 Å². The van der Waals surface area contributed by atoms with Gasteiger partial charge in [0.05, 0.1) is 10.5 Å². The molecule has 1 unspecified atom stereocenters. The number of benzene rings is 1. The van der Waals surface area contributed by atoms with E-state index in [2.05, 4.69) is 27.8 Å². The highest BCUT2D eigenvalue weighted by atomic mass is 79.9. The standard InChI is InChI=1S/C12H14BrF2N/c1-3-7-16-10(4-2)8-5-6-9(14)12(15)11(8)13/h4-6,10,16H,2-3,7H2,1H3. The summed E-state index contributed by atoms with van der Waals surface area (Å²) in [4.78, 5) is 0. The Labute approximate surface area is 103 Å². The predicted molar refractivity (Wildman–Crippen MR) is 65.3 cm³/mol. The van der Waals surface area contributed by atoms with Crippen molar-refractivity contribution in [2.45, 2.75) is 19.4 Å². The van der Waals surface area contributed by atoms with Gasteiger partial charge in [-0.2, -0.15) is 0 Å². The first-order valence-electron chi connectivity index (χ1n) is 5.11. The van der Waals surface area contributed by atoms with Crippen molar-refractivity contribution in [2.24, 2.45) is 0 Å². The summed E-state index contributed by atoms with van der Waals surface area (Å²) in [5.74, 6) is -1.71. The monoisotopic (exact) mass is 289 g/mol. The zero-order valence-electron chi connectivity index (χ0n) is 9.06. The molecule has 0 aliphatic carbocycles. The summed E-state index contributed by atoms with van der Waals surface area (Å²) >= 11 is 3.06. The van der Waals surface area contributed by atoms with Crippen LogP contribution in [0, 0.1) is 11.6 Å². The summed E-state index contributed by atoms with van der Waals surface area (Å²) in [5.41, 5.74) is 0.655. The zero-order chi connectivity index (χ0) is 12.1. The van der Waals surface area contributed by atoms with Crippen molar-refractivity contribution in [2.75, 3.05) is 6.54 Å². The van der Waals surface area contributed by atoms with Crippen LogP contribution in [0.4, 0.5) is 8.78 Å². The topological polar surface area (TPSA) is 12.0 Å². The van der Waals surface area contributed by atoms with E-state index in [-0.39, 0.29) is 10.5 Å². The third-order valence-corrected chi connectivity index (χ3v) is 3.06. The minimum Gasteiger partial charge on any atom is -0.307 e. The highest BCUT2D eigenvalue weighted by Crippen LogP contribution is 2.28. The smallest absolute Gasteiger partial charge is 0.173 e. The maximum Gasteiger partial charge on any atom is 0.173 e. The maximum atomic E-state index is 13.3. The Bertz CT molecular complexity index is 380. The summed E-state index contributed by atoms with van der Waals surface area (Å²) < 4.78 is 26.4. The highest BCUT2D eigenvalue weighted by molar-refractivity contribution is 9.10. The van der Waals surface area contributed by atoms with Crippen LogP contribution in [0.25, 0.3) is 0 Å². The van der Waals surface area contributed by atoms with Crippen LogP contribution in [0.3, 0.4) is 0 Å². The van der Waals surface area contributed by atoms with E-state index in [0.717, 1.165) is 19.0 Å². The van der Waals surface area contributed by atoms with Crippen molar-refractivity contribution < 1.29 is 8.78 Å². The van der Waals surface area contributed by atoms with E-state index in [9.17, 15) is 8.78 Å². The minimum absolute atomic E-state index is 0.154. The first kappa shape index (κ1) is 13.3. The number of halogens is 3. The molecule has 0 spiro atoms. The third-order valence-electron chi connectivity index (χ3n) is 2.25. The van der Waals surface area contributed by atoms with Crippen molar-refractivity contribution >= 4 is 15.9 Å². The number of nitrogens with one attached hydrogen (secondary N) is 1. The molecule has 0 heterocycles. The van der Waals surface area contributed by atoms with Gasteiger partial charge in [-0.3, -0.25) is 0 Å². The average Bonchev–Trinajstić information content (AvgIpc) is 2.29. The van der Waals surface area contributed by atoms with Gasteiger partial charge < -0.3 is 5.32 Å². The lowest BCUT2D eigenvalue weighted by Gasteiger charge is -2.16. The van der Waals surface area contributed by atoms with Gasteiger partial charge >= 0.3 is 0 Å². The molecule has 16 heavy (non-hydrogen) atoms. The predicted octanol–water partition coefficient (Wildman–Crippen LogP) is 3.95. The summed E-state index contributed by atoms with van der Waals surface area (Å²) in [6.45, 7) is 6.51. The molecule has 0 fully saturated rings. The van der Waals surface area contributed by atoms with Crippen molar-refractivity contribution in [1.29, 1.82) is 0 Å². The number of hydrogen-bond donors (Lipinski definition) is 1. The molecular formula is C12H14BrF2N. The second kappa shape index (κ2) is 6.11. The van der Waals surface area contributed by atoms with E-state index in [4.69, 9.17) is 0 Å². The first-order valence-corrected chi connectivity index (χ1v) is 5.90. The van der Waals surface area contributed by atoms with Gasteiger partial charge in [0.2, 0.25) is 0 Å². The molecule has 1 nitrogen and oxygen atoms in total. The normalized spacial score (nSPS) is 12.5. The molecule has 0 aliphatic heterocycles. The quantitative estimate of drug-likeness (QED) is 0.639. The largest absolute Gasteiger partial charge is 0.307 e. The van der Waals surface area contributed by atoms with E-state index in [1.165, 1.54) is 0 Å². The zero-order valence-corrected chi connectivity index (χ0v) is 10.7. The molecule has 0 aromatic heterocycles. The Morgan fingerprint density at radius 3 is 2.75 bits per heavy atom. The van der Waals surface area contributed by atoms with Crippen molar-refractivity contribution in [3.8, 4) is 0 Å². The molecule has 0 amide bonds. The molecule has 1 aromatic rings. The lowest BCUT2D eigenvalue weighted by Crippen LogP contribution is -2.20.